The molecule has 2 bridgehead atoms. The molecule has 3 aliphatic rings. The third-order valence-corrected chi connectivity index (χ3v) is 9.41. The second-order valence-corrected chi connectivity index (χ2v) is 12.4. The van der Waals surface area contributed by atoms with E-state index < -0.39 is 0 Å². The van der Waals surface area contributed by atoms with Crippen molar-refractivity contribution in [1.82, 2.24) is 29.3 Å². The molecule has 5 heterocycles. The maximum Gasteiger partial charge on any atom is 0.254 e. The first-order chi connectivity index (χ1) is 20.3. The molecule has 0 radical (unpaired) electrons. The predicted octanol–water partition coefficient (Wildman–Crippen LogP) is 4.16. The third kappa shape index (κ3) is 4.62. The Morgan fingerprint density at radius 2 is 1.95 bits per heavy atom. The highest BCUT2D eigenvalue weighted by molar-refractivity contribution is 6.00. The molecule has 3 aromatic heterocycles. The number of pyridine rings is 1. The van der Waals surface area contributed by atoms with Crippen LogP contribution in [0, 0.1) is 11.8 Å². The summed E-state index contributed by atoms with van der Waals surface area (Å²) in [6.45, 7) is 4.08. The van der Waals surface area contributed by atoms with Gasteiger partial charge >= 0.3 is 0 Å². The topological polar surface area (TPSA) is 120 Å². The minimum atomic E-state index is -0.166. The van der Waals surface area contributed by atoms with Gasteiger partial charge in [-0.05, 0) is 75.3 Å². The number of amides is 2. The number of fused-ring (bicyclic) bond motifs is 3. The molecular weight excluding hydrogens is 530 g/mol. The second kappa shape index (κ2) is 10.4. The number of carbonyl (C=O) groups is 2. The van der Waals surface area contributed by atoms with Gasteiger partial charge < -0.3 is 29.8 Å². The van der Waals surface area contributed by atoms with Gasteiger partial charge in [-0.1, -0.05) is 6.42 Å². The summed E-state index contributed by atoms with van der Waals surface area (Å²) in [5.74, 6) is 2.15. The number of likely N-dealkylation sites (tertiary alicyclic amines) is 1. The number of hydrogen-bond acceptors (Lipinski definition) is 6. The zero-order chi connectivity index (χ0) is 29.1. The Balaban J connectivity index is 1.31. The minimum absolute atomic E-state index is 0.00849. The first-order valence-corrected chi connectivity index (χ1v) is 15.2. The smallest absolute Gasteiger partial charge is 0.254 e. The van der Waals surface area contributed by atoms with Crippen molar-refractivity contribution in [1.29, 1.82) is 0 Å². The van der Waals surface area contributed by atoms with E-state index in [1.54, 1.807) is 7.11 Å². The van der Waals surface area contributed by atoms with Gasteiger partial charge in [0.05, 0.1) is 30.1 Å². The van der Waals surface area contributed by atoms with Gasteiger partial charge in [0.1, 0.15) is 16.9 Å². The van der Waals surface area contributed by atoms with Crippen molar-refractivity contribution < 1.29 is 14.3 Å². The number of rotatable bonds is 3. The van der Waals surface area contributed by atoms with Crippen molar-refractivity contribution in [2.24, 2.45) is 24.6 Å². The van der Waals surface area contributed by atoms with Crippen LogP contribution in [0.15, 0.2) is 30.3 Å². The Morgan fingerprint density at radius 1 is 1.10 bits per heavy atom. The normalized spacial score (nSPS) is 24.6. The molecule has 2 amide bonds. The number of aryl methyl sites for hydroxylation is 2. The zero-order valence-electron chi connectivity index (χ0n) is 24.6. The van der Waals surface area contributed by atoms with Gasteiger partial charge in [0.2, 0.25) is 5.91 Å². The van der Waals surface area contributed by atoms with Crippen molar-refractivity contribution in [3.05, 3.63) is 41.6 Å². The van der Waals surface area contributed by atoms with E-state index in [2.05, 4.69) is 26.6 Å². The van der Waals surface area contributed by atoms with Gasteiger partial charge in [-0.3, -0.25) is 9.59 Å². The number of nitrogens with two attached hydrogens (primary N) is 1. The van der Waals surface area contributed by atoms with E-state index in [1.165, 1.54) is 0 Å². The highest BCUT2D eigenvalue weighted by Crippen LogP contribution is 2.43. The van der Waals surface area contributed by atoms with Crippen molar-refractivity contribution in [2.45, 2.75) is 64.1 Å². The predicted molar refractivity (Wildman–Crippen MR) is 161 cm³/mol. The molecule has 1 aliphatic carbocycles. The van der Waals surface area contributed by atoms with E-state index in [9.17, 15) is 9.59 Å². The second-order valence-electron chi connectivity index (χ2n) is 12.4. The van der Waals surface area contributed by atoms with Gasteiger partial charge in [0.15, 0.2) is 5.82 Å². The molecule has 4 atom stereocenters. The number of imidazole rings is 1. The van der Waals surface area contributed by atoms with E-state index in [0.29, 0.717) is 35.8 Å². The fourth-order valence-corrected chi connectivity index (χ4v) is 6.95. The SMILES string of the molecule is COc1cc(C(=O)N2CCC[C@@H](N)C2)cc2nc(-c3cc4ccc5nc4n3CCCC[C@H]3C[C@@H]3C(=O)N[C@@H]5C)n(C)c12. The van der Waals surface area contributed by atoms with E-state index in [0.717, 1.165) is 78.8 Å². The molecule has 2 aliphatic heterocycles. The quantitative estimate of drug-likeness (QED) is 0.382. The zero-order valence-corrected chi connectivity index (χ0v) is 24.6. The van der Waals surface area contributed by atoms with Crippen LogP contribution in [0.4, 0.5) is 0 Å². The first-order valence-electron chi connectivity index (χ1n) is 15.2. The molecule has 1 saturated carbocycles. The number of methoxy groups -OCH3 is 1. The van der Waals surface area contributed by atoms with Crippen molar-refractivity contribution in [3.63, 3.8) is 0 Å². The average Bonchev–Trinajstić information content (AvgIpc) is 3.57. The van der Waals surface area contributed by atoms with Crippen LogP contribution in [-0.2, 0) is 18.4 Å². The summed E-state index contributed by atoms with van der Waals surface area (Å²) >= 11 is 0. The maximum absolute atomic E-state index is 13.5. The summed E-state index contributed by atoms with van der Waals surface area (Å²) in [5, 5.41) is 4.22. The lowest BCUT2D eigenvalue weighted by Gasteiger charge is -2.30. The number of nitrogens with one attached hydrogen (secondary N) is 1. The lowest BCUT2D eigenvalue weighted by molar-refractivity contribution is -0.123. The summed E-state index contributed by atoms with van der Waals surface area (Å²) in [4.78, 5) is 38.2. The Bertz CT molecular complexity index is 1710. The third-order valence-electron chi connectivity index (χ3n) is 9.41. The number of nitrogens with zero attached hydrogens (tertiary/aromatic N) is 5. The van der Waals surface area contributed by atoms with Crippen molar-refractivity contribution in [3.8, 4) is 17.3 Å². The summed E-state index contributed by atoms with van der Waals surface area (Å²) in [7, 11) is 3.62. The number of piperidine rings is 1. The molecule has 0 unspecified atom stereocenters. The van der Waals surface area contributed by atoms with Gasteiger partial charge in [-0.2, -0.15) is 0 Å². The van der Waals surface area contributed by atoms with Crippen LogP contribution >= 0.6 is 0 Å². The standard InChI is InChI=1S/C32H39N7O3/c1-18-24-10-9-20-15-26(39(29(20)35-24)12-5-4-7-19-13-23(19)31(40)34-18)30-36-25-14-21(16-27(42-3)28(25)37(30)2)32(41)38-11-6-8-22(33)17-38/h9-10,14-16,18-19,22-23H,4-8,11-13,17,33H2,1-3H3,(H,34,40)/t18-,19+,22-,23+/m1/s1. The lowest BCUT2D eigenvalue weighted by atomic mass is 10.0. The molecule has 2 fully saturated rings. The molecule has 42 heavy (non-hydrogen) atoms. The fourth-order valence-electron chi connectivity index (χ4n) is 6.95. The molecule has 7 rings (SSSR count). The molecule has 10 nitrogen and oxygen atoms in total. The molecule has 10 heteroatoms. The minimum Gasteiger partial charge on any atom is -0.494 e. The van der Waals surface area contributed by atoms with Gasteiger partial charge in [-0.15, -0.1) is 0 Å². The monoisotopic (exact) mass is 569 g/mol. The lowest BCUT2D eigenvalue weighted by Crippen LogP contribution is -2.45. The highest BCUT2D eigenvalue weighted by atomic mass is 16.5. The Labute approximate surface area is 245 Å². The molecule has 3 N–H and O–H groups in total. The van der Waals surface area contributed by atoms with E-state index in [1.807, 2.05) is 37.1 Å². The number of hydrogen-bond donors (Lipinski definition) is 2. The van der Waals surface area contributed by atoms with Crippen LogP contribution in [-0.4, -0.2) is 62.1 Å². The highest BCUT2D eigenvalue weighted by Gasteiger charge is 2.42. The molecule has 220 valence electrons. The molecule has 1 aromatic carbocycles. The Kier molecular flexibility index (Phi) is 6.68. The Morgan fingerprint density at radius 3 is 2.76 bits per heavy atom. The van der Waals surface area contributed by atoms with Crippen LogP contribution in [0.5, 0.6) is 5.75 Å². The molecular formula is C32H39N7O3. The van der Waals surface area contributed by atoms with Crippen LogP contribution in [0.3, 0.4) is 0 Å². The summed E-state index contributed by atoms with van der Waals surface area (Å²) < 4.78 is 10.1. The van der Waals surface area contributed by atoms with Gasteiger partial charge in [0, 0.05) is 49.6 Å². The molecule has 1 saturated heterocycles. The van der Waals surface area contributed by atoms with Crippen LogP contribution in [0.25, 0.3) is 33.6 Å². The van der Waals surface area contributed by atoms with E-state index in [-0.39, 0.29) is 29.8 Å². The fraction of sp³-hybridized carbons (Fsp3) is 0.500. The first kappa shape index (κ1) is 26.9. The largest absolute Gasteiger partial charge is 0.494 e. The van der Waals surface area contributed by atoms with E-state index in [4.69, 9.17) is 20.4 Å². The Hall–Kier alpha value is -3.92. The summed E-state index contributed by atoms with van der Waals surface area (Å²) in [6, 6.07) is 9.78. The molecule has 4 aromatic rings. The maximum atomic E-state index is 13.5. The number of aromatic nitrogens is 4. The number of ether oxygens (including phenoxy) is 1. The van der Waals surface area contributed by atoms with Crippen LogP contribution in [0.2, 0.25) is 0 Å². The van der Waals surface area contributed by atoms with Crippen molar-refractivity contribution in [2.75, 3.05) is 20.2 Å². The van der Waals surface area contributed by atoms with Crippen LogP contribution < -0.4 is 15.8 Å². The van der Waals surface area contributed by atoms with Crippen LogP contribution in [0.1, 0.15) is 67.5 Å². The average molecular weight is 570 g/mol. The summed E-state index contributed by atoms with van der Waals surface area (Å²) in [5.41, 5.74) is 11.0. The van der Waals surface area contributed by atoms with E-state index >= 15 is 0 Å². The van der Waals surface area contributed by atoms with Gasteiger partial charge in [-0.25, -0.2) is 9.97 Å². The van der Waals surface area contributed by atoms with Crippen molar-refractivity contribution >= 4 is 33.9 Å². The number of carbonyl (C=O) groups excluding carboxylic acids is 2. The number of benzene rings is 1. The molecule has 0 spiro atoms. The summed E-state index contributed by atoms with van der Waals surface area (Å²) in [6.07, 6.45) is 5.96. The van der Waals surface area contributed by atoms with Gasteiger partial charge in [0.25, 0.3) is 5.91 Å².